The van der Waals surface area contributed by atoms with Crippen LogP contribution in [0.3, 0.4) is 0 Å². The molecule has 0 radical (unpaired) electrons. The van der Waals surface area contributed by atoms with Gasteiger partial charge in [-0.25, -0.2) is 9.97 Å². The fourth-order valence-electron chi connectivity index (χ4n) is 1.29. The van der Waals surface area contributed by atoms with Crippen molar-refractivity contribution >= 4 is 18.2 Å². The topological polar surface area (TPSA) is 85.7 Å². The first-order chi connectivity index (χ1) is 8.22. The second-order valence-electron chi connectivity index (χ2n) is 3.14. The number of H-pyrrole nitrogens is 1. The van der Waals surface area contributed by atoms with Gasteiger partial charge in [-0.05, 0) is 12.2 Å². The average Bonchev–Trinajstić information content (AvgIpc) is 2.72. The van der Waals surface area contributed by atoms with E-state index in [0.29, 0.717) is 16.2 Å². The Hall–Kier alpha value is -2.09. The van der Waals surface area contributed by atoms with Gasteiger partial charge < -0.3 is 4.74 Å². The summed E-state index contributed by atoms with van der Waals surface area (Å²) >= 11 is 5.04. The van der Waals surface area contributed by atoms with Crippen LogP contribution in [0, 0.1) is 4.77 Å². The maximum Gasteiger partial charge on any atom is 0.325 e. The van der Waals surface area contributed by atoms with Crippen molar-refractivity contribution in [2.24, 2.45) is 0 Å². The van der Waals surface area contributed by atoms with Gasteiger partial charge in [-0.2, -0.15) is 5.10 Å². The van der Waals surface area contributed by atoms with Gasteiger partial charge in [-0.1, -0.05) is 0 Å². The molecule has 0 fully saturated rings. The van der Waals surface area contributed by atoms with Gasteiger partial charge in [0.2, 0.25) is 0 Å². The normalized spacial score (nSPS) is 10.2. The van der Waals surface area contributed by atoms with E-state index in [1.807, 2.05) is 0 Å². The lowest BCUT2D eigenvalue weighted by Crippen LogP contribution is -2.12. The summed E-state index contributed by atoms with van der Waals surface area (Å²) in [5.41, 5.74) is 0.670. The largest absolute Gasteiger partial charge is 0.468 e. The van der Waals surface area contributed by atoms with Gasteiger partial charge in [0.15, 0.2) is 10.6 Å². The third kappa shape index (κ3) is 2.36. The Balaban J connectivity index is 2.43. The average molecular weight is 251 g/mol. The fourth-order valence-corrected chi connectivity index (χ4v) is 1.49. The van der Waals surface area contributed by atoms with Crippen molar-refractivity contribution in [3.05, 3.63) is 23.5 Å². The smallest absolute Gasteiger partial charge is 0.325 e. The number of nitrogens with zero attached hydrogens (tertiary/aromatic N) is 4. The second kappa shape index (κ2) is 4.83. The second-order valence-corrected chi connectivity index (χ2v) is 3.53. The van der Waals surface area contributed by atoms with E-state index in [1.54, 1.807) is 12.4 Å². The maximum atomic E-state index is 11.3. The number of rotatable bonds is 3. The number of methoxy groups -OCH3 is 1. The van der Waals surface area contributed by atoms with Crippen molar-refractivity contribution in [3.8, 4) is 11.4 Å². The summed E-state index contributed by atoms with van der Waals surface area (Å²) < 4.78 is 6.46. The molecular weight excluding hydrogens is 242 g/mol. The molecular formula is C9H9N5O2S. The lowest BCUT2D eigenvalue weighted by atomic mass is 10.3. The molecule has 0 atom stereocenters. The quantitative estimate of drug-likeness (QED) is 0.634. The molecule has 0 aromatic carbocycles. The Kier molecular flexibility index (Phi) is 3.24. The van der Waals surface area contributed by atoms with E-state index >= 15 is 0 Å². The van der Waals surface area contributed by atoms with E-state index in [9.17, 15) is 4.79 Å². The number of aromatic nitrogens is 5. The van der Waals surface area contributed by atoms with E-state index < -0.39 is 5.97 Å². The highest BCUT2D eigenvalue weighted by Crippen LogP contribution is 2.14. The van der Waals surface area contributed by atoms with Crippen LogP contribution in [-0.2, 0) is 16.1 Å². The summed E-state index contributed by atoms with van der Waals surface area (Å²) in [4.78, 5) is 19.0. The zero-order chi connectivity index (χ0) is 12.3. The third-order valence-electron chi connectivity index (χ3n) is 2.09. The molecule has 7 nitrogen and oxygen atoms in total. The first-order valence-corrected chi connectivity index (χ1v) is 5.10. The number of esters is 1. The molecule has 0 saturated carbocycles. The van der Waals surface area contributed by atoms with E-state index in [1.165, 1.54) is 18.0 Å². The molecule has 0 amide bonds. The molecule has 0 saturated heterocycles. The number of carbonyl (C=O) groups excluding carboxylic acids is 1. The Morgan fingerprint density at radius 3 is 2.88 bits per heavy atom. The van der Waals surface area contributed by atoms with Gasteiger partial charge >= 0.3 is 5.97 Å². The molecule has 0 spiro atoms. The maximum absolute atomic E-state index is 11.3. The molecule has 2 aromatic heterocycles. The summed E-state index contributed by atoms with van der Waals surface area (Å²) in [7, 11) is 1.32. The Bertz CT molecular complexity index is 577. The van der Waals surface area contributed by atoms with Crippen LogP contribution in [0.4, 0.5) is 0 Å². The first-order valence-electron chi connectivity index (χ1n) is 4.69. The predicted molar refractivity (Wildman–Crippen MR) is 60.5 cm³/mol. The van der Waals surface area contributed by atoms with Gasteiger partial charge in [0.1, 0.15) is 12.9 Å². The zero-order valence-electron chi connectivity index (χ0n) is 8.95. The van der Waals surface area contributed by atoms with Crippen molar-refractivity contribution in [3.63, 3.8) is 0 Å². The van der Waals surface area contributed by atoms with Crippen LogP contribution >= 0.6 is 12.2 Å². The highest BCUT2D eigenvalue weighted by molar-refractivity contribution is 7.71. The van der Waals surface area contributed by atoms with E-state index in [2.05, 4.69) is 24.9 Å². The summed E-state index contributed by atoms with van der Waals surface area (Å²) in [5.74, 6) is 0.0987. The van der Waals surface area contributed by atoms with Crippen molar-refractivity contribution in [1.82, 2.24) is 24.7 Å². The van der Waals surface area contributed by atoms with Crippen molar-refractivity contribution in [1.29, 1.82) is 0 Å². The van der Waals surface area contributed by atoms with E-state index in [4.69, 9.17) is 12.2 Å². The third-order valence-corrected chi connectivity index (χ3v) is 2.40. The molecule has 2 heterocycles. The Morgan fingerprint density at radius 1 is 1.53 bits per heavy atom. The first kappa shape index (κ1) is 11.4. The zero-order valence-corrected chi connectivity index (χ0v) is 9.77. The molecule has 0 unspecified atom stereocenters. The highest BCUT2D eigenvalue weighted by atomic mass is 32.1. The van der Waals surface area contributed by atoms with Crippen LogP contribution < -0.4 is 0 Å². The SMILES string of the molecule is COC(=O)Cn1c(-c2cncnc2)n[nH]c1=S. The number of nitrogens with one attached hydrogen (secondary N) is 1. The molecule has 0 bridgehead atoms. The molecule has 0 aliphatic rings. The molecule has 0 aliphatic heterocycles. The molecule has 17 heavy (non-hydrogen) atoms. The lowest BCUT2D eigenvalue weighted by molar-refractivity contribution is -0.141. The van der Waals surface area contributed by atoms with Gasteiger partial charge in [0.25, 0.3) is 0 Å². The minimum absolute atomic E-state index is 0.00391. The predicted octanol–water partition coefficient (Wildman–Crippen LogP) is 0.571. The van der Waals surface area contributed by atoms with Crippen LogP contribution in [0.2, 0.25) is 0 Å². The minimum atomic E-state index is -0.402. The van der Waals surface area contributed by atoms with Gasteiger partial charge in [-0.15, -0.1) is 0 Å². The van der Waals surface area contributed by atoms with Crippen LogP contribution in [0.15, 0.2) is 18.7 Å². The van der Waals surface area contributed by atoms with Gasteiger partial charge in [-0.3, -0.25) is 14.5 Å². The summed E-state index contributed by atoms with van der Waals surface area (Å²) in [5, 5.41) is 6.65. The molecule has 2 rings (SSSR count). The number of ether oxygens (including phenoxy) is 1. The number of aromatic amines is 1. The van der Waals surface area contributed by atoms with Crippen LogP contribution in [-0.4, -0.2) is 37.8 Å². The highest BCUT2D eigenvalue weighted by Gasteiger charge is 2.12. The monoisotopic (exact) mass is 251 g/mol. The summed E-state index contributed by atoms with van der Waals surface area (Å²) in [6, 6.07) is 0. The Labute approximate surface area is 101 Å². The number of hydrogen-bond acceptors (Lipinski definition) is 6. The molecule has 88 valence electrons. The van der Waals surface area contributed by atoms with E-state index in [-0.39, 0.29) is 6.54 Å². The van der Waals surface area contributed by atoms with Crippen LogP contribution in [0.1, 0.15) is 0 Å². The standard InChI is InChI=1S/C9H9N5O2S/c1-16-7(15)4-14-8(12-13-9(14)17)6-2-10-5-11-3-6/h2-3,5H,4H2,1H3,(H,13,17). The summed E-state index contributed by atoms with van der Waals surface area (Å²) in [6.07, 6.45) is 4.59. The molecule has 8 heteroatoms. The number of carbonyl (C=O) groups is 1. The minimum Gasteiger partial charge on any atom is -0.468 e. The summed E-state index contributed by atoms with van der Waals surface area (Å²) in [6.45, 7) is -0.00391. The van der Waals surface area contributed by atoms with Gasteiger partial charge in [0.05, 0.1) is 12.7 Å². The molecule has 0 aliphatic carbocycles. The van der Waals surface area contributed by atoms with Crippen LogP contribution in [0.25, 0.3) is 11.4 Å². The van der Waals surface area contributed by atoms with Crippen molar-refractivity contribution in [2.45, 2.75) is 6.54 Å². The molecule has 2 aromatic rings. The van der Waals surface area contributed by atoms with Crippen molar-refractivity contribution < 1.29 is 9.53 Å². The number of hydrogen-bond donors (Lipinski definition) is 1. The van der Waals surface area contributed by atoms with Crippen molar-refractivity contribution in [2.75, 3.05) is 7.11 Å². The molecule has 1 N–H and O–H groups in total. The van der Waals surface area contributed by atoms with E-state index in [0.717, 1.165) is 0 Å². The van der Waals surface area contributed by atoms with Gasteiger partial charge in [0, 0.05) is 12.4 Å². The lowest BCUT2D eigenvalue weighted by Gasteiger charge is -2.04. The Morgan fingerprint density at radius 2 is 2.24 bits per heavy atom. The van der Waals surface area contributed by atoms with Crippen LogP contribution in [0.5, 0.6) is 0 Å². The fraction of sp³-hybridized carbons (Fsp3) is 0.222.